The Morgan fingerprint density at radius 2 is 2.10 bits per heavy atom. The molecule has 0 saturated heterocycles. The molecule has 1 aromatic carbocycles. The van der Waals surface area contributed by atoms with Crippen molar-refractivity contribution in [3.05, 3.63) is 39.9 Å². The molecule has 1 rings (SSSR count). The molecule has 5 heteroatoms. The first kappa shape index (κ1) is 17.6. The summed E-state index contributed by atoms with van der Waals surface area (Å²) in [6.07, 6.45) is 1.99. The van der Waals surface area contributed by atoms with Gasteiger partial charge in [0.1, 0.15) is 0 Å². The van der Waals surface area contributed by atoms with Crippen molar-refractivity contribution in [3.8, 4) is 0 Å². The van der Waals surface area contributed by atoms with Gasteiger partial charge in [0.15, 0.2) is 0 Å². The van der Waals surface area contributed by atoms with Crippen LogP contribution < -0.4 is 5.32 Å². The van der Waals surface area contributed by atoms with E-state index in [0.29, 0.717) is 6.04 Å². The van der Waals surface area contributed by atoms with Gasteiger partial charge in [-0.05, 0) is 52.4 Å². The Kier molecular flexibility index (Phi) is 7.32. The van der Waals surface area contributed by atoms with E-state index in [0.717, 1.165) is 31.5 Å². The first-order chi connectivity index (χ1) is 9.95. The van der Waals surface area contributed by atoms with E-state index in [1.54, 1.807) is 12.1 Å². The molecule has 0 spiro atoms. The van der Waals surface area contributed by atoms with Gasteiger partial charge in [-0.2, -0.15) is 0 Å². The largest absolute Gasteiger partial charge is 0.310 e. The summed E-state index contributed by atoms with van der Waals surface area (Å²) in [4.78, 5) is 12.8. The highest BCUT2D eigenvalue weighted by Gasteiger charge is 2.13. The van der Waals surface area contributed by atoms with Crippen LogP contribution in [0.25, 0.3) is 0 Å². The lowest BCUT2D eigenvalue weighted by Crippen LogP contribution is -2.30. The topological polar surface area (TPSA) is 58.4 Å². The quantitative estimate of drug-likeness (QED) is 0.431. The van der Waals surface area contributed by atoms with E-state index in [9.17, 15) is 10.1 Å². The predicted octanol–water partition coefficient (Wildman–Crippen LogP) is 3.37. The second kappa shape index (κ2) is 8.74. The van der Waals surface area contributed by atoms with Crippen molar-refractivity contribution in [3.63, 3.8) is 0 Å². The lowest BCUT2D eigenvalue weighted by atomic mass is 10.0. The van der Waals surface area contributed by atoms with Crippen LogP contribution in [0.15, 0.2) is 24.3 Å². The Morgan fingerprint density at radius 1 is 1.38 bits per heavy atom. The first-order valence-corrected chi connectivity index (χ1v) is 7.63. The molecule has 0 amide bonds. The molecule has 0 bridgehead atoms. The maximum Gasteiger partial charge on any atom is 0.269 e. The number of benzene rings is 1. The number of hydrogen-bond acceptors (Lipinski definition) is 4. The van der Waals surface area contributed by atoms with E-state index in [-0.39, 0.29) is 16.7 Å². The lowest BCUT2D eigenvalue weighted by Gasteiger charge is -2.22. The van der Waals surface area contributed by atoms with Crippen LogP contribution >= 0.6 is 0 Å². The van der Waals surface area contributed by atoms with Crippen molar-refractivity contribution in [1.29, 1.82) is 0 Å². The highest BCUT2D eigenvalue weighted by Crippen LogP contribution is 2.21. The minimum absolute atomic E-state index is 0.160. The molecule has 0 radical (unpaired) electrons. The van der Waals surface area contributed by atoms with Gasteiger partial charge >= 0.3 is 0 Å². The number of rotatable bonds is 9. The second-order valence-electron chi connectivity index (χ2n) is 5.69. The lowest BCUT2D eigenvalue weighted by molar-refractivity contribution is -0.384. The van der Waals surface area contributed by atoms with Crippen molar-refractivity contribution in [2.24, 2.45) is 0 Å². The van der Waals surface area contributed by atoms with Gasteiger partial charge in [-0.25, -0.2) is 0 Å². The first-order valence-electron chi connectivity index (χ1n) is 7.63. The third kappa shape index (κ3) is 5.81. The Morgan fingerprint density at radius 3 is 2.67 bits per heavy atom. The zero-order chi connectivity index (χ0) is 15.8. The number of nitrogens with zero attached hydrogens (tertiary/aromatic N) is 2. The zero-order valence-corrected chi connectivity index (χ0v) is 13.5. The molecule has 1 atom stereocenters. The molecule has 118 valence electrons. The Balaban J connectivity index is 2.51. The molecule has 5 nitrogen and oxygen atoms in total. The van der Waals surface area contributed by atoms with Gasteiger partial charge in [0.05, 0.1) is 4.92 Å². The summed E-state index contributed by atoms with van der Waals surface area (Å²) in [5, 5.41) is 14.3. The number of non-ortho nitro benzene ring substituents is 1. The molecule has 0 fully saturated rings. The normalized spacial score (nSPS) is 12.9. The maximum absolute atomic E-state index is 10.8. The number of nitro groups is 1. The van der Waals surface area contributed by atoms with Crippen LogP contribution in [0.1, 0.15) is 45.2 Å². The van der Waals surface area contributed by atoms with Crippen LogP contribution in [0, 0.1) is 10.1 Å². The molecule has 21 heavy (non-hydrogen) atoms. The van der Waals surface area contributed by atoms with E-state index in [4.69, 9.17) is 0 Å². The van der Waals surface area contributed by atoms with Gasteiger partial charge in [-0.3, -0.25) is 10.1 Å². The summed E-state index contributed by atoms with van der Waals surface area (Å²) in [7, 11) is 2.13. The Hall–Kier alpha value is -1.46. The number of nitro benzene ring substituents is 1. The van der Waals surface area contributed by atoms with E-state index in [2.05, 4.69) is 38.0 Å². The molecular formula is C16H27N3O2. The van der Waals surface area contributed by atoms with E-state index in [1.165, 1.54) is 6.07 Å². The van der Waals surface area contributed by atoms with Crippen LogP contribution in [-0.4, -0.2) is 36.0 Å². The van der Waals surface area contributed by atoms with Gasteiger partial charge in [-0.15, -0.1) is 0 Å². The maximum atomic E-state index is 10.8. The number of hydrogen-bond donors (Lipinski definition) is 1. The Labute approximate surface area is 127 Å². The Bertz CT molecular complexity index is 449. The zero-order valence-electron chi connectivity index (χ0n) is 13.5. The standard InChI is InChI=1S/C16H27N3O2/c1-5-16(17-10-7-11-18(4)13(2)3)14-8-6-9-15(12-14)19(20)21/h6,8-9,12-13,16-17H,5,7,10-11H2,1-4H3. The fourth-order valence-corrected chi connectivity index (χ4v) is 2.22. The van der Waals surface area contributed by atoms with E-state index < -0.39 is 0 Å². The van der Waals surface area contributed by atoms with Crippen molar-refractivity contribution in [2.45, 2.75) is 45.7 Å². The fraction of sp³-hybridized carbons (Fsp3) is 0.625. The molecule has 0 aliphatic heterocycles. The molecule has 0 heterocycles. The summed E-state index contributed by atoms with van der Waals surface area (Å²) >= 11 is 0. The van der Waals surface area contributed by atoms with E-state index in [1.807, 2.05) is 6.07 Å². The predicted molar refractivity (Wildman–Crippen MR) is 86.5 cm³/mol. The van der Waals surface area contributed by atoms with Gasteiger partial charge in [0.2, 0.25) is 0 Å². The highest BCUT2D eigenvalue weighted by atomic mass is 16.6. The smallest absolute Gasteiger partial charge is 0.269 e. The van der Waals surface area contributed by atoms with Gasteiger partial charge in [0.25, 0.3) is 5.69 Å². The molecule has 1 N–H and O–H groups in total. The molecule has 0 aromatic heterocycles. The molecular weight excluding hydrogens is 266 g/mol. The average molecular weight is 293 g/mol. The summed E-state index contributed by atoms with van der Waals surface area (Å²) in [5.74, 6) is 0. The van der Waals surface area contributed by atoms with Crippen LogP contribution in [0.3, 0.4) is 0 Å². The fourth-order valence-electron chi connectivity index (χ4n) is 2.22. The summed E-state index contributed by atoms with van der Waals surface area (Å²) in [6, 6.07) is 7.64. The van der Waals surface area contributed by atoms with E-state index >= 15 is 0 Å². The number of nitrogens with one attached hydrogen (secondary N) is 1. The summed E-state index contributed by atoms with van der Waals surface area (Å²) < 4.78 is 0. The SMILES string of the molecule is CCC(NCCCN(C)C(C)C)c1cccc([N+](=O)[O-])c1. The van der Waals surface area contributed by atoms with Crippen molar-refractivity contribution in [2.75, 3.05) is 20.1 Å². The second-order valence-corrected chi connectivity index (χ2v) is 5.69. The van der Waals surface area contributed by atoms with Crippen LogP contribution in [-0.2, 0) is 0 Å². The van der Waals surface area contributed by atoms with Crippen molar-refractivity contribution >= 4 is 5.69 Å². The van der Waals surface area contributed by atoms with Crippen molar-refractivity contribution in [1.82, 2.24) is 10.2 Å². The molecule has 0 saturated carbocycles. The van der Waals surface area contributed by atoms with Crippen LogP contribution in [0.2, 0.25) is 0 Å². The van der Waals surface area contributed by atoms with Crippen molar-refractivity contribution < 1.29 is 4.92 Å². The van der Waals surface area contributed by atoms with Gasteiger partial charge in [-0.1, -0.05) is 19.1 Å². The van der Waals surface area contributed by atoms with Crippen LogP contribution in [0.5, 0.6) is 0 Å². The molecule has 0 aliphatic rings. The van der Waals surface area contributed by atoms with Gasteiger partial charge in [0, 0.05) is 24.2 Å². The summed E-state index contributed by atoms with van der Waals surface area (Å²) in [6.45, 7) is 8.43. The minimum Gasteiger partial charge on any atom is -0.310 e. The third-order valence-corrected chi connectivity index (χ3v) is 3.85. The highest BCUT2D eigenvalue weighted by molar-refractivity contribution is 5.35. The third-order valence-electron chi connectivity index (χ3n) is 3.85. The molecule has 1 aromatic rings. The molecule has 1 unspecified atom stereocenters. The summed E-state index contributed by atoms with van der Waals surface area (Å²) in [5.41, 5.74) is 1.15. The molecule has 0 aliphatic carbocycles. The van der Waals surface area contributed by atoms with Gasteiger partial charge < -0.3 is 10.2 Å². The monoisotopic (exact) mass is 293 g/mol. The average Bonchev–Trinajstić information content (AvgIpc) is 2.47. The van der Waals surface area contributed by atoms with Crippen LogP contribution in [0.4, 0.5) is 5.69 Å². The minimum atomic E-state index is -0.339.